The van der Waals surface area contributed by atoms with Crippen molar-refractivity contribution in [1.29, 1.82) is 0 Å². The van der Waals surface area contributed by atoms with Crippen molar-refractivity contribution in [3.63, 3.8) is 0 Å². The Morgan fingerprint density at radius 2 is 2.07 bits per heavy atom. The second kappa shape index (κ2) is 8.25. The van der Waals surface area contributed by atoms with Crippen LogP contribution in [-0.4, -0.2) is 43.4 Å². The van der Waals surface area contributed by atoms with Gasteiger partial charge in [-0.25, -0.2) is 9.59 Å². The lowest BCUT2D eigenvalue weighted by Gasteiger charge is -2.06. The highest BCUT2D eigenvalue weighted by molar-refractivity contribution is 9.11. The monoisotopic (exact) mass is 280 g/mol. The van der Waals surface area contributed by atoms with Gasteiger partial charge < -0.3 is 20.5 Å². The number of ether oxygens (including phenoxy) is 1. The van der Waals surface area contributed by atoms with E-state index in [-0.39, 0.29) is 25.8 Å². The summed E-state index contributed by atoms with van der Waals surface area (Å²) in [6.45, 7) is 3.94. The van der Waals surface area contributed by atoms with Gasteiger partial charge in [0, 0.05) is 11.0 Å². The summed E-state index contributed by atoms with van der Waals surface area (Å²) < 4.78 is 5.37. The molecule has 0 aromatic rings. The largest absolute Gasteiger partial charge is 0.480 e. The lowest BCUT2D eigenvalue weighted by atomic mass is 10.6. The first-order valence-electron chi connectivity index (χ1n) is 4.17. The molecule has 2 amide bonds. The van der Waals surface area contributed by atoms with Crippen LogP contribution in [0, 0.1) is 0 Å². The highest BCUT2D eigenvalue weighted by Crippen LogP contribution is 1.95. The minimum Gasteiger partial charge on any atom is -0.480 e. The quantitative estimate of drug-likeness (QED) is 0.585. The molecule has 0 aromatic heterocycles. The number of hydrogen-bond donors (Lipinski definition) is 3. The van der Waals surface area contributed by atoms with Gasteiger partial charge >= 0.3 is 12.0 Å². The SMILES string of the molecule is C=C(Br)CNC(=O)NCCOCC(=O)O. The number of carbonyl (C=O) groups is 2. The van der Waals surface area contributed by atoms with E-state index < -0.39 is 5.97 Å². The van der Waals surface area contributed by atoms with Gasteiger partial charge in [-0.15, -0.1) is 0 Å². The zero-order chi connectivity index (χ0) is 11.7. The molecule has 86 valence electrons. The average Bonchev–Trinajstić information content (AvgIpc) is 2.13. The number of carboxylic acids is 1. The average molecular weight is 281 g/mol. The van der Waals surface area contributed by atoms with Crippen molar-refractivity contribution in [2.45, 2.75) is 0 Å². The molecule has 0 spiro atoms. The van der Waals surface area contributed by atoms with Crippen molar-refractivity contribution in [2.75, 3.05) is 26.3 Å². The number of carbonyl (C=O) groups excluding carboxylic acids is 1. The van der Waals surface area contributed by atoms with Gasteiger partial charge in [0.05, 0.1) is 13.2 Å². The van der Waals surface area contributed by atoms with Crippen molar-refractivity contribution < 1.29 is 19.4 Å². The second-order valence-corrected chi connectivity index (χ2v) is 3.69. The van der Waals surface area contributed by atoms with Gasteiger partial charge in [-0.3, -0.25) is 0 Å². The predicted molar refractivity (Wildman–Crippen MR) is 57.9 cm³/mol. The fourth-order valence-corrected chi connectivity index (χ4v) is 0.775. The zero-order valence-electron chi connectivity index (χ0n) is 8.09. The number of urea groups is 1. The van der Waals surface area contributed by atoms with Crippen LogP contribution in [0.3, 0.4) is 0 Å². The maximum Gasteiger partial charge on any atom is 0.329 e. The van der Waals surface area contributed by atoms with E-state index in [0.29, 0.717) is 11.0 Å². The summed E-state index contributed by atoms with van der Waals surface area (Å²) in [5.41, 5.74) is 0. The number of carboxylic acid groups (broad SMARTS) is 1. The third-order valence-corrected chi connectivity index (χ3v) is 1.48. The van der Waals surface area contributed by atoms with E-state index in [2.05, 4.69) is 33.1 Å². The third-order valence-electron chi connectivity index (χ3n) is 1.20. The van der Waals surface area contributed by atoms with Crippen molar-refractivity contribution in [3.05, 3.63) is 11.1 Å². The lowest BCUT2D eigenvalue weighted by molar-refractivity contribution is -0.142. The van der Waals surface area contributed by atoms with Crippen LogP contribution in [0.25, 0.3) is 0 Å². The summed E-state index contributed by atoms with van der Waals surface area (Å²) in [4.78, 5) is 21.0. The van der Waals surface area contributed by atoms with Crippen LogP contribution in [0.1, 0.15) is 0 Å². The van der Waals surface area contributed by atoms with E-state index in [0.717, 1.165) is 0 Å². The Kier molecular flexibility index (Phi) is 7.65. The molecule has 0 radical (unpaired) electrons. The topological polar surface area (TPSA) is 87.7 Å². The molecule has 0 saturated heterocycles. The predicted octanol–water partition coefficient (Wildman–Crippen LogP) is 0.295. The Balaban J connectivity index is 3.31. The highest BCUT2D eigenvalue weighted by atomic mass is 79.9. The van der Waals surface area contributed by atoms with Crippen molar-refractivity contribution in [1.82, 2.24) is 10.6 Å². The second-order valence-electron chi connectivity index (χ2n) is 2.57. The van der Waals surface area contributed by atoms with Gasteiger partial charge in [-0.2, -0.15) is 0 Å². The molecular weight excluding hydrogens is 268 g/mol. The Labute approximate surface area is 95.8 Å². The molecule has 15 heavy (non-hydrogen) atoms. The molecule has 0 fully saturated rings. The van der Waals surface area contributed by atoms with Gasteiger partial charge in [-0.05, 0) is 0 Å². The molecule has 0 saturated carbocycles. The summed E-state index contributed by atoms with van der Waals surface area (Å²) in [6, 6.07) is -0.352. The molecule has 0 aliphatic heterocycles. The first-order chi connectivity index (χ1) is 7.02. The number of amides is 2. The Bertz CT molecular complexity index is 245. The Morgan fingerprint density at radius 1 is 1.40 bits per heavy atom. The van der Waals surface area contributed by atoms with E-state index in [9.17, 15) is 9.59 Å². The molecule has 6 nitrogen and oxygen atoms in total. The van der Waals surface area contributed by atoms with Crippen molar-refractivity contribution in [3.8, 4) is 0 Å². The number of nitrogens with one attached hydrogen (secondary N) is 2. The maximum atomic E-state index is 11.0. The molecule has 0 aliphatic carbocycles. The molecule has 0 unspecified atom stereocenters. The van der Waals surface area contributed by atoms with E-state index in [1.165, 1.54) is 0 Å². The number of halogens is 1. The highest BCUT2D eigenvalue weighted by Gasteiger charge is 1.99. The van der Waals surface area contributed by atoms with Gasteiger partial charge in [0.2, 0.25) is 0 Å². The Morgan fingerprint density at radius 3 is 2.60 bits per heavy atom. The van der Waals surface area contributed by atoms with Gasteiger partial charge in [0.25, 0.3) is 0 Å². The molecule has 7 heteroatoms. The standard InChI is InChI=1S/C8H13BrN2O4/c1-6(9)4-11-8(14)10-2-3-15-5-7(12)13/h1-5H2,(H,12,13)(H2,10,11,14). The van der Waals surface area contributed by atoms with Crippen LogP contribution in [0.4, 0.5) is 4.79 Å². The fourth-order valence-electron chi connectivity index (χ4n) is 0.635. The minimum absolute atomic E-state index is 0.162. The van der Waals surface area contributed by atoms with Crippen LogP contribution in [0.15, 0.2) is 11.1 Å². The number of hydrogen-bond acceptors (Lipinski definition) is 3. The summed E-state index contributed by atoms with van der Waals surface area (Å²) in [6.07, 6.45) is 0. The van der Waals surface area contributed by atoms with Gasteiger partial charge in [-0.1, -0.05) is 22.5 Å². The summed E-state index contributed by atoms with van der Waals surface area (Å²) >= 11 is 3.08. The first-order valence-corrected chi connectivity index (χ1v) is 4.96. The summed E-state index contributed by atoms with van der Waals surface area (Å²) in [7, 11) is 0. The molecule has 0 atom stereocenters. The zero-order valence-corrected chi connectivity index (χ0v) is 9.67. The molecule has 3 N–H and O–H groups in total. The molecule has 0 bridgehead atoms. The van der Waals surface area contributed by atoms with Crippen LogP contribution < -0.4 is 10.6 Å². The molecular formula is C8H13BrN2O4. The van der Waals surface area contributed by atoms with Crippen LogP contribution >= 0.6 is 15.9 Å². The Hall–Kier alpha value is -1.08. The van der Waals surface area contributed by atoms with E-state index in [1.54, 1.807) is 0 Å². The van der Waals surface area contributed by atoms with E-state index >= 15 is 0 Å². The van der Waals surface area contributed by atoms with Crippen LogP contribution in [-0.2, 0) is 9.53 Å². The van der Waals surface area contributed by atoms with Crippen LogP contribution in [0.2, 0.25) is 0 Å². The smallest absolute Gasteiger partial charge is 0.329 e. The van der Waals surface area contributed by atoms with Gasteiger partial charge in [0.1, 0.15) is 6.61 Å². The fraction of sp³-hybridized carbons (Fsp3) is 0.500. The van der Waals surface area contributed by atoms with Crippen molar-refractivity contribution >= 4 is 27.9 Å². The third kappa shape index (κ3) is 10.8. The van der Waals surface area contributed by atoms with E-state index in [1.807, 2.05) is 0 Å². The molecule has 0 heterocycles. The first kappa shape index (κ1) is 13.9. The lowest BCUT2D eigenvalue weighted by Crippen LogP contribution is -2.37. The number of aliphatic carboxylic acids is 1. The minimum atomic E-state index is -1.03. The summed E-state index contributed by atoms with van der Waals surface area (Å²) in [5, 5.41) is 13.2. The number of rotatable bonds is 7. The molecule has 0 aliphatic rings. The van der Waals surface area contributed by atoms with Crippen molar-refractivity contribution in [2.24, 2.45) is 0 Å². The van der Waals surface area contributed by atoms with E-state index in [4.69, 9.17) is 9.84 Å². The molecule has 0 aromatic carbocycles. The maximum absolute atomic E-state index is 11.0. The molecule has 0 rings (SSSR count). The summed E-state index contributed by atoms with van der Waals surface area (Å²) in [5.74, 6) is -1.03. The van der Waals surface area contributed by atoms with Gasteiger partial charge in [0.15, 0.2) is 0 Å². The normalized spacial score (nSPS) is 9.40. The van der Waals surface area contributed by atoms with Crippen LogP contribution in [0.5, 0.6) is 0 Å².